The van der Waals surface area contributed by atoms with Crippen LogP contribution in [0.15, 0.2) is 42.5 Å². The molecule has 76 valence electrons. The Bertz CT molecular complexity index is 497. The quantitative estimate of drug-likeness (QED) is 0.691. The van der Waals surface area contributed by atoms with Crippen molar-refractivity contribution in [1.29, 1.82) is 0 Å². The van der Waals surface area contributed by atoms with Crippen molar-refractivity contribution in [1.82, 2.24) is 4.90 Å². The Morgan fingerprint density at radius 3 is 2.40 bits per heavy atom. The summed E-state index contributed by atoms with van der Waals surface area (Å²) in [4.78, 5) is 13.5. The van der Waals surface area contributed by atoms with Gasteiger partial charge in [0.2, 0.25) is 0 Å². The molecular formula is C13H13NO. The number of carbonyl (C=O) groups is 1. The molecule has 2 rings (SSSR count). The Morgan fingerprint density at radius 2 is 1.67 bits per heavy atom. The first-order valence-electron chi connectivity index (χ1n) is 4.89. The SMILES string of the molecule is CN(C)C(=O)c1cccc2ccccc12. The van der Waals surface area contributed by atoms with E-state index in [0.717, 1.165) is 16.3 Å². The van der Waals surface area contributed by atoms with Crippen LogP contribution in [0.2, 0.25) is 0 Å². The zero-order valence-electron chi connectivity index (χ0n) is 8.90. The lowest BCUT2D eigenvalue weighted by Crippen LogP contribution is -2.21. The minimum atomic E-state index is 0.0480. The normalized spacial score (nSPS) is 10.3. The summed E-state index contributed by atoms with van der Waals surface area (Å²) in [6.07, 6.45) is 0. The summed E-state index contributed by atoms with van der Waals surface area (Å²) in [5, 5.41) is 2.11. The summed E-state index contributed by atoms with van der Waals surface area (Å²) in [5.74, 6) is 0.0480. The summed E-state index contributed by atoms with van der Waals surface area (Å²) in [6, 6.07) is 13.7. The molecule has 0 fully saturated rings. The van der Waals surface area contributed by atoms with E-state index in [9.17, 15) is 4.79 Å². The molecule has 0 spiro atoms. The summed E-state index contributed by atoms with van der Waals surface area (Å²) in [6.45, 7) is 0. The molecule has 0 aliphatic rings. The van der Waals surface area contributed by atoms with Crippen LogP contribution in [-0.2, 0) is 0 Å². The molecule has 2 heteroatoms. The topological polar surface area (TPSA) is 20.3 Å². The second kappa shape index (κ2) is 3.73. The number of amides is 1. The first-order chi connectivity index (χ1) is 7.20. The predicted octanol–water partition coefficient (Wildman–Crippen LogP) is 2.54. The highest BCUT2D eigenvalue weighted by Crippen LogP contribution is 2.19. The maximum Gasteiger partial charge on any atom is 0.253 e. The van der Waals surface area contributed by atoms with Gasteiger partial charge in [0.15, 0.2) is 0 Å². The zero-order chi connectivity index (χ0) is 10.8. The van der Waals surface area contributed by atoms with Crippen LogP contribution in [0.25, 0.3) is 10.8 Å². The second-order valence-electron chi connectivity index (χ2n) is 3.73. The molecule has 0 bridgehead atoms. The molecule has 0 saturated heterocycles. The van der Waals surface area contributed by atoms with Gasteiger partial charge in [0.05, 0.1) is 0 Å². The van der Waals surface area contributed by atoms with E-state index >= 15 is 0 Å². The molecule has 15 heavy (non-hydrogen) atoms. The summed E-state index contributed by atoms with van der Waals surface area (Å²) in [5.41, 5.74) is 0.762. The van der Waals surface area contributed by atoms with E-state index in [-0.39, 0.29) is 5.91 Å². The largest absolute Gasteiger partial charge is 0.345 e. The van der Waals surface area contributed by atoms with Gasteiger partial charge in [-0.25, -0.2) is 0 Å². The molecule has 1 amide bonds. The number of carbonyl (C=O) groups excluding carboxylic acids is 1. The van der Waals surface area contributed by atoms with Crippen molar-refractivity contribution in [3.8, 4) is 0 Å². The highest BCUT2D eigenvalue weighted by atomic mass is 16.2. The van der Waals surface area contributed by atoms with Gasteiger partial charge >= 0.3 is 0 Å². The van der Waals surface area contributed by atoms with E-state index in [1.54, 1.807) is 19.0 Å². The third kappa shape index (κ3) is 1.71. The number of fused-ring (bicyclic) bond motifs is 1. The summed E-state index contributed by atoms with van der Waals surface area (Å²) >= 11 is 0. The highest BCUT2D eigenvalue weighted by molar-refractivity contribution is 6.06. The minimum absolute atomic E-state index is 0.0480. The van der Waals surface area contributed by atoms with Gasteiger partial charge in [-0.05, 0) is 16.8 Å². The second-order valence-corrected chi connectivity index (χ2v) is 3.73. The van der Waals surface area contributed by atoms with Crippen LogP contribution in [0.5, 0.6) is 0 Å². The lowest BCUT2D eigenvalue weighted by molar-refractivity contribution is 0.0829. The van der Waals surface area contributed by atoms with E-state index in [4.69, 9.17) is 0 Å². The van der Waals surface area contributed by atoms with E-state index < -0.39 is 0 Å². The average molecular weight is 199 g/mol. The first-order valence-corrected chi connectivity index (χ1v) is 4.89. The Labute approximate surface area is 89.1 Å². The third-order valence-corrected chi connectivity index (χ3v) is 2.43. The van der Waals surface area contributed by atoms with Crippen LogP contribution < -0.4 is 0 Å². The van der Waals surface area contributed by atoms with Gasteiger partial charge < -0.3 is 4.90 Å². The van der Waals surface area contributed by atoms with E-state index in [0.29, 0.717) is 0 Å². The number of hydrogen-bond donors (Lipinski definition) is 0. The Balaban J connectivity index is 2.66. The lowest BCUT2D eigenvalue weighted by atomic mass is 10.0. The van der Waals surface area contributed by atoms with Crippen LogP contribution in [0.3, 0.4) is 0 Å². The molecule has 2 nitrogen and oxygen atoms in total. The van der Waals surface area contributed by atoms with Gasteiger partial charge in [-0.1, -0.05) is 36.4 Å². The lowest BCUT2D eigenvalue weighted by Gasteiger charge is -2.12. The summed E-state index contributed by atoms with van der Waals surface area (Å²) in [7, 11) is 3.54. The van der Waals surface area contributed by atoms with E-state index in [1.807, 2.05) is 42.5 Å². The standard InChI is InChI=1S/C13H13NO/c1-14(2)13(15)12-9-5-7-10-6-3-4-8-11(10)12/h3-9H,1-2H3. The van der Waals surface area contributed by atoms with Gasteiger partial charge in [-0.2, -0.15) is 0 Å². The van der Waals surface area contributed by atoms with Crippen LogP contribution in [0.1, 0.15) is 10.4 Å². The van der Waals surface area contributed by atoms with Crippen molar-refractivity contribution < 1.29 is 4.79 Å². The van der Waals surface area contributed by atoms with Gasteiger partial charge in [0.1, 0.15) is 0 Å². The van der Waals surface area contributed by atoms with Crippen molar-refractivity contribution in [2.24, 2.45) is 0 Å². The fourth-order valence-corrected chi connectivity index (χ4v) is 1.65. The fraction of sp³-hybridized carbons (Fsp3) is 0.154. The molecule has 0 unspecified atom stereocenters. The average Bonchev–Trinajstić information content (AvgIpc) is 2.27. The number of hydrogen-bond acceptors (Lipinski definition) is 1. The molecule has 0 radical (unpaired) electrons. The zero-order valence-corrected chi connectivity index (χ0v) is 8.90. The van der Waals surface area contributed by atoms with E-state index in [2.05, 4.69) is 0 Å². The number of rotatable bonds is 1. The van der Waals surface area contributed by atoms with Crippen LogP contribution in [-0.4, -0.2) is 24.9 Å². The Kier molecular flexibility index (Phi) is 2.42. The molecule has 0 heterocycles. The van der Waals surface area contributed by atoms with Crippen molar-refractivity contribution in [3.63, 3.8) is 0 Å². The molecular weight excluding hydrogens is 186 g/mol. The van der Waals surface area contributed by atoms with Crippen LogP contribution >= 0.6 is 0 Å². The van der Waals surface area contributed by atoms with Gasteiger partial charge in [0, 0.05) is 19.7 Å². The third-order valence-electron chi connectivity index (χ3n) is 2.43. The number of nitrogens with zero attached hydrogens (tertiary/aromatic N) is 1. The van der Waals surface area contributed by atoms with Gasteiger partial charge in [-0.15, -0.1) is 0 Å². The molecule has 2 aromatic carbocycles. The molecule has 2 aromatic rings. The molecule has 0 aliphatic carbocycles. The van der Waals surface area contributed by atoms with Crippen LogP contribution in [0.4, 0.5) is 0 Å². The summed E-state index contributed by atoms with van der Waals surface area (Å²) < 4.78 is 0. The smallest absolute Gasteiger partial charge is 0.253 e. The monoisotopic (exact) mass is 199 g/mol. The van der Waals surface area contributed by atoms with Crippen LogP contribution in [0, 0.1) is 0 Å². The molecule has 0 saturated carbocycles. The number of benzene rings is 2. The van der Waals surface area contributed by atoms with Crippen molar-refractivity contribution in [3.05, 3.63) is 48.0 Å². The van der Waals surface area contributed by atoms with Gasteiger partial charge in [-0.3, -0.25) is 4.79 Å². The maximum atomic E-state index is 11.9. The van der Waals surface area contributed by atoms with Crippen molar-refractivity contribution >= 4 is 16.7 Å². The fourth-order valence-electron chi connectivity index (χ4n) is 1.65. The highest BCUT2D eigenvalue weighted by Gasteiger charge is 2.10. The predicted molar refractivity (Wildman–Crippen MR) is 62.0 cm³/mol. The Morgan fingerprint density at radius 1 is 1.00 bits per heavy atom. The maximum absolute atomic E-state index is 11.9. The molecule has 0 atom stereocenters. The van der Waals surface area contributed by atoms with Crippen molar-refractivity contribution in [2.45, 2.75) is 0 Å². The first kappa shape index (κ1) is 9.71. The minimum Gasteiger partial charge on any atom is -0.345 e. The molecule has 0 aliphatic heterocycles. The Hall–Kier alpha value is -1.83. The van der Waals surface area contributed by atoms with E-state index in [1.165, 1.54) is 0 Å². The molecule has 0 N–H and O–H groups in total. The van der Waals surface area contributed by atoms with Crippen molar-refractivity contribution in [2.75, 3.05) is 14.1 Å². The van der Waals surface area contributed by atoms with Gasteiger partial charge in [0.25, 0.3) is 5.91 Å². The molecule has 0 aromatic heterocycles.